The van der Waals surface area contributed by atoms with Gasteiger partial charge in [-0.2, -0.15) is 13.2 Å². The lowest BCUT2D eigenvalue weighted by molar-refractivity contribution is -0.137. The average molecular weight is 446 g/mol. The van der Waals surface area contributed by atoms with E-state index in [1.807, 2.05) is 4.90 Å². The van der Waals surface area contributed by atoms with Crippen LogP contribution in [0.1, 0.15) is 27.9 Å². The molecule has 9 heteroatoms. The van der Waals surface area contributed by atoms with Gasteiger partial charge in [0.05, 0.1) is 22.8 Å². The molecule has 0 unspecified atom stereocenters. The first-order valence-electron chi connectivity index (χ1n) is 10.8. The second-order valence-corrected chi connectivity index (χ2v) is 9.19. The van der Waals surface area contributed by atoms with Gasteiger partial charge in [-0.05, 0) is 36.2 Å². The molecule has 0 saturated carbocycles. The number of fused-ring (bicyclic) bond motifs is 2. The summed E-state index contributed by atoms with van der Waals surface area (Å²) in [5, 5.41) is 10.3. The highest BCUT2D eigenvalue weighted by atomic mass is 19.4. The minimum absolute atomic E-state index is 0.0558. The number of β-amino-alcohol motifs (C(OH)–C–C–N with tert-alkyl or cyclic N) is 1. The van der Waals surface area contributed by atoms with Gasteiger partial charge in [-0.1, -0.05) is 12.1 Å². The molecule has 4 heterocycles. The summed E-state index contributed by atoms with van der Waals surface area (Å²) in [6.45, 7) is 3.69. The Bertz CT molecular complexity index is 977. The summed E-state index contributed by atoms with van der Waals surface area (Å²) in [5.74, 6) is -0.0558. The second kappa shape index (κ2) is 7.83. The van der Waals surface area contributed by atoms with Crippen LogP contribution in [0.15, 0.2) is 48.8 Å². The Kier molecular flexibility index (Phi) is 5.22. The number of halogens is 3. The van der Waals surface area contributed by atoms with Gasteiger partial charge in [0.2, 0.25) is 0 Å². The Balaban J connectivity index is 1.29. The number of rotatable bonds is 3. The van der Waals surface area contributed by atoms with E-state index < -0.39 is 17.8 Å². The zero-order chi connectivity index (χ0) is 22.5. The molecule has 2 atom stereocenters. The van der Waals surface area contributed by atoms with Crippen LogP contribution in [0.2, 0.25) is 0 Å². The first-order valence-corrected chi connectivity index (χ1v) is 10.8. The number of likely N-dealkylation sites (tertiary alicyclic amines) is 1. The van der Waals surface area contributed by atoms with Crippen molar-refractivity contribution in [2.24, 2.45) is 0 Å². The summed E-state index contributed by atoms with van der Waals surface area (Å²) >= 11 is 0. The summed E-state index contributed by atoms with van der Waals surface area (Å²) in [7, 11) is 0. The molecule has 0 bridgehead atoms. The quantitative estimate of drug-likeness (QED) is 0.784. The molecular formula is C23H25F3N4O2. The number of benzene rings is 1. The summed E-state index contributed by atoms with van der Waals surface area (Å²) in [6.07, 6.45) is -0.902. The number of carbonyl (C=O) groups is 1. The van der Waals surface area contributed by atoms with Crippen LogP contribution in [0.5, 0.6) is 0 Å². The topological polar surface area (TPSA) is 59.9 Å². The van der Waals surface area contributed by atoms with Gasteiger partial charge < -0.3 is 10.0 Å². The zero-order valence-electron chi connectivity index (χ0n) is 17.5. The smallest absolute Gasteiger partial charge is 0.392 e. The summed E-state index contributed by atoms with van der Waals surface area (Å²) in [5.41, 5.74) is 0.483. The van der Waals surface area contributed by atoms with E-state index in [0.29, 0.717) is 51.3 Å². The third-order valence-corrected chi connectivity index (χ3v) is 6.84. The van der Waals surface area contributed by atoms with Crippen LogP contribution in [0.4, 0.5) is 13.2 Å². The Morgan fingerprint density at radius 1 is 1.12 bits per heavy atom. The van der Waals surface area contributed by atoms with Gasteiger partial charge in [-0.3, -0.25) is 19.6 Å². The number of pyridine rings is 1. The Hall–Kier alpha value is -2.49. The lowest BCUT2D eigenvalue weighted by Gasteiger charge is -2.61. The fourth-order valence-corrected chi connectivity index (χ4v) is 5.47. The number of aliphatic hydroxyl groups excluding tert-OH is 1. The van der Waals surface area contributed by atoms with Crippen molar-refractivity contribution in [2.45, 2.75) is 36.8 Å². The number of alkyl halides is 3. The monoisotopic (exact) mass is 446 g/mol. The molecule has 2 aromatic rings. The van der Waals surface area contributed by atoms with Crippen molar-refractivity contribution in [2.75, 3.05) is 32.7 Å². The van der Waals surface area contributed by atoms with E-state index in [1.165, 1.54) is 12.1 Å². The molecule has 1 N–H and O–H groups in total. The third kappa shape index (κ3) is 3.89. The highest BCUT2D eigenvalue weighted by molar-refractivity contribution is 5.94. The molecule has 3 saturated heterocycles. The molecule has 6 nitrogen and oxygen atoms in total. The van der Waals surface area contributed by atoms with Crippen LogP contribution in [0.3, 0.4) is 0 Å². The molecule has 32 heavy (non-hydrogen) atoms. The summed E-state index contributed by atoms with van der Waals surface area (Å²) in [6, 6.07) is 8.89. The molecule has 1 spiro atoms. The molecule has 3 aliphatic rings. The second-order valence-electron chi connectivity index (χ2n) is 9.19. The molecule has 3 fully saturated rings. The Morgan fingerprint density at radius 3 is 2.53 bits per heavy atom. The van der Waals surface area contributed by atoms with Crippen molar-refractivity contribution < 1.29 is 23.1 Å². The Morgan fingerprint density at radius 2 is 1.88 bits per heavy atom. The molecule has 170 valence electrons. The number of nitrogens with zero attached hydrogens (tertiary/aromatic N) is 4. The third-order valence-electron chi connectivity index (χ3n) is 6.84. The number of hydrogen-bond acceptors (Lipinski definition) is 5. The van der Waals surface area contributed by atoms with E-state index in [9.17, 15) is 23.1 Å². The van der Waals surface area contributed by atoms with Crippen molar-refractivity contribution in [1.82, 2.24) is 19.7 Å². The van der Waals surface area contributed by atoms with Crippen LogP contribution >= 0.6 is 0 Å². The van der Waals surface area contributed by atoms with Gasteiger partial charge in [0, 0.05) is 57.7 Å². The maximum atomic E-state index is 13.1. The highest BCUT2D eigenvalue weighted by Gasteiger charge is 2.56. The van der Waals surface area contributed by atoms with Crippen LogP contribution < -0.4 is 0 Å². The Labute approximate surface area is 184 Å². The summed E-state index contributed by atoms with van der Waals surface area (Å²) in [4.78, 5) is 23.5. The number of aliphatic hydroxyl groups is 1. The lowest BCUT2D eigenvalue weighted by atomic mass is 9.83. The molecular weight excluding hydrogens is 421 g/mol. The SMILES string of the molecule is O=C(c1cccnc1)N1C[C@H]2C[C@@H](O)CN2C2(CN(Cc3ccc(C(F)(F)F)cc3)C2)C1. The van der Waals surface area contributed by atoms with E-state index in [0.717, 1.165) is 17.7 Å². The number of carbonyl (C=O) groups excluding carboxylic acids is 1. The maximum absolute atomic E-state index is 13.1. The largest absolute Gasteiger partial charge is 0.416 e. The van der Waals surface area contributed by atoms with Gasteiger partial charge in [-0.25, -0.2) is 0 Å². The van der Waals surface area contributed by atoms with E-state index in [4.69, 9.17) is 0 Å². The molecule has 1 aromatic heterocycles. The molecule has 0 radical (unpaired) electrons. The van der Waals surface area contributed by atoms with E-state index in [1.54, 1.807) is 24.5 Å². The number of piperazine rings is 1. The first kappa shape index (κ1) is 21.4. The van der Waals surface area contributed by atoms with Crippen molar-refractivity contribution >= 4 is 5.91 Å². The molecule has 5 rings (SSSR count). The fourth-order valence-electron chi connectivity index (χ4n) is 5.47. The van der Waals surface area contributed by atoms with Gasteiger partial charge in [0.15, 0.2) is 0 Å². The average Bonchev–Trinajstić information content (AvgIpc) is 3.13. The van der Waals surface area contributed by atoms with Crippen molar-refractivity contribution in [3.63, 3.8) is 0 Å². The lowest BCUT2D eigenvalue weighted by Crippen LogP contribution is -2.78. The van der Waals surface area contributed by atoms with E-state index in [2.05, 4.69) is 14.8 Å². The first-order chi connectivity index (χ1) is 15.2. The van der Waals surface area contributed by atoms with Crippen molar-refractivity contribution in [1.29, 1.82) is 0 Å². The van der Waals surface area contributed by atoms with Crippen molar-refractivity contribution in [3.05, 3.63) is 65.5 Å². The normalized spacial score (nSPS) is 25.6. The zero-order valence-corrected chi connectivity index (χ0v) is 17.5. The van der Waals surface area contributed by atoms with Gasteiger partial charge in [0.25, 0.3) is 5.91 Å². The van der Waals surface area contributed by atoms with E-state index >= 15 is 0 Å². The number of amides is 1. The predicted octanol–water partition coefficient (Wildman–Crippen LogP) is 2.25. The van der Waals surface area contributed by atoms with Crippen LogP contribution in [0, 0.1) is 0 Å². The minimum Gasteiger partial charge on any atom is -0.392 e. The minimum atomic E-state index is -4.34. The summed E-state index contributed by atoms with van der Waals surface area (Å²) < 4.78 is 38.4. The number of hydrogen-bond donors (Lipinski definition) is 1. The fraction of sp³-hybridized carbons (Fsp3) is 0.478. The van der Waals surface area contributed by atoms with Crippen LogP contribution in [-0.4, -0.2) is 81.1 Å². The number of aromatic nitrogens is 1. The standard InChI is InChI=1S/C23H25F3N4O2/c24-23(25,26)18-5-3-16(4-6-18)10-28-13-22(14-28)15-29(11-19-8-20(31)12-30(19)22)21(32)17-2-1-7-27-9-17/h1-7,9,19-20,31H,8,10-15H2/t19-,20-/m1/s1. The molecule has 1 amide bonds. The van der Waals surface area contributed by atoms with Crippen LogP contribution in [-0.2, 0) is 12.7 Å². The van der Waals surface area contributed by atoms with Gasteiger partial charge in [0.1, 0.15) is 0 Å². The van der Waals surface area contributed by atoms with Gasteiger partial charge >= 0.3 is 6.18 Å². The maximum Gasteiger partial charge on any atom is 0.416 e. The molecule has 1 aromatic carbocycles. The molecule has 0 aliphatic carbocycles. The van der Waals surface area contributed by atoms with Gasteiger partial charge in [-0.15, -0.1) is 0 Å². The van der Waals surface area contributed by atoms with Crippen LogP contribution in [0.25, 0.3) is 0 Å². The highest BCUT2D eigenvalue weighted by Crippen LogP contribution is 2.40. The van der Waals surface area contributed by atoms with E-state index in [-0.39, 0.29) is 17.5 Å². The molecule has 3 aliphatic heterocycles. The van der Waals surface area contributed by atoms with Crippen molar-refractivity contribution in [3.8, 4) is 0 Å². The predicted molar refractivity (Wildman–Crippen MR) is 111 cm³/mol.